The zero-order chi connectivity index (χ0) is 8.55. The van der Waals surface area contributed by atoms with Gasteiger partial charge in [-0.05, 0) is 42.7 Å². The summed E-state index contributed by atoms with van der Waals surface area (Å²) in [7, 11) is 0. The van der Waals surface area contributed by atoms with Crippen molar-refractivity contribution in [1.82, 2.24) is 0 Å². The largest absolute Gasteiger partial charge is 0.130 e. The van der Waals surface area contributed by atoms with E-state index < -0.39 is 0 Å². The Hall–Kier alpha value is -0.140. The van der Waals surface area contributed by atoms with Gasteiger partial charge in [0.15, 0.2) is 0 Å². The molecule has 1 aromatic rings. The van der Waals surface area contributed by atoms with Gasteiger partial charge in [-0.3, -0.25) is 0 Å². The number of hydrogen-bond acceptors (Lipinski definition) is 1. The average molecular weight is 199 g/mol. The van der Waals surface area contributed by atoms with E-state index in [-0.39, 0.29) is 0 Å². The molecule has 1 aliphatic carbocycles. The molecule has 2 heteroatoms. The van der Waals surface area contributed by atoms with Crippen LogP contribution in [0.4, 0.5) is 0 Å². The Morgan fingerprint density at radius 2 is 2.17 bits per heavy atom. The van der Waals surface area contributed by atoms with Crippen LogP contribution in [0.2, 0.25) is 5.02 Å². The van der Waals surface area contributed by atoms with Crippen LogP contribution in [0.15, 0.2) is 23.1 Å². The van der Waals surface area contributed by atoms with E-state index in [1.165, 1.54) is 23.3 Å². The van der Waals surface area contributed by atoms with Crippen LogP contribution in [-0.2, 0) is 0 Å². The summed E-state index contributed by atoms with van der Waals surface area (Å²) in [5.41, 5.74) is 1.34. The van der Waals surface area contributed by atoms with Crippen molar-refractivity contribution in [3.8, 4) is 0 Å². The molecular weight excluding hydrogens is 188 g/mol. The highest BCUT2D eigenvalue weighted by molar-refractivity contribution is 7.98. The van der Waals surface area contributed by atoms with Crippen LogP contribution >= 0.6 is 23.4 Å². The van der Waals surface area contributed by atoms with E-state index >= 15 is 0 Å². The van der Waals surface area contributed by atoms with Crippen molar-refractivity contribution >= 4 is 23.4 Å². The maximum Gasteiger partial charge on any atom is 0.0451 e. The van der Waals surface area contributed by atoms with Gasteiger partial charge in [-0.15, -0.1) is 11.8 Å². The molecule has 1 saturated carbocycles. The Bertz CT molecular complexity index is 292. The molecule has 0 atom stereocenters. The Balaban J connectivity index is 2.32. The lowest BCUT2D eigenvalue weighted by Crippen LogP contribution is -1.81. The molecule has 0 radical (unpaired) electrons. The summed E-state index contributed by atoms with van der Waals surface area (Å²) in [6.07, 6.45) is 4.71. The highest BCUT2D eigenvalue weighted by Gasteiger charge is 2.25. The molecule has 0 bridgehead atoms. The molecule has 2 rings (SSSR count). The van der Waals surface area contributed by atoms with Crippen LogP contribution in [0.3, 0.4) is 0 Å². The molecule has 0 heterocycles. The average Bonchev–Trinajstić information content (AvgIpc) is 2.87. The van der Waals surface area contributed by atoms with Gasteiger partial charge in [0.25, 0.3) is 0 Å². The zero-order valence-corrected chi connectivity index (χ0v) is 8.58. The van der Waals surface area contributed by atoms with Crippen LogP contribution in [0.1, 0.15) is 24.3 Å². The molecule has 12 heavy (non-hydrogen) atoms. The van der Waals surface area contributed by atoms with Gasteiger partial charge in [-0.2, -0.15) is 0 Å². The highest BCUT2D eigenvalue weighted by atomic mass is 35.5. The van der Waals surface area contributed by atoms with Gasteiger partial charge in [0.2, 0.25) is 0 Å². The molecule has 0 nitrogen and oxygen atoms in total. The van der Waals surface area contributed by atoms with Crippen LogP contribution in [-0.4, -0.2) is 6.26 Å². The van der Waals surface area contributed by atoms with Gasteiger partial charge >= 0.3 is 0 Å². The summed E-state index contributed by atoms with van der Waals surface area (Å²) in [6, 6.07) is 6.40. The minimum atomic E-state index is 0.758. The summed E-state index contributed by atoms with van der Waals surface area (Å²) in [4.78, 5) is 1.25. The van der Waals surface area contributed by atoms with Crippen molar-refractivity contribution in [3.63, 3.8) is 0 Å². The fraction of sp³-hybridized carbons (Fsp3) is 0.400. The van der Waals surface area contributed by atoms with E-state index in [0.717, 1.165) is 10.9 Å². The Morgan fingerprint density at radius 3 is 2.67 bits per heavy atom. The monoisotopic (exact) mass is 198 g/mol. The second kappa shape index (κ2) is 3.31. The topological polar surface area (TPSA) is 0 Å². The third-order valence-electron chi connectivity index (χ3n) is 2.22. The second-order valence-corrected chi connectivity index (χ2v) is 4.45. The van der Waals surface area contributed by atoms with Gasteiger partial charge in [0.1, 0.15) is 0 Å². The second-order valence-electron chi connectivity index (χ2n) is 3.16. The predicted octanol–water partition coefficient (Wildman–Crippen LogP) is 3.94. The van der Waals surface area contributed by atoms with Crippen molar-refractivity contribution in [2.45, 2.75) is 23.7 Å². The van der Waals surface area contributed by atoms with Crippen molar-refractivity contribution in [2.24, 2.45) is 0 Å². The maximum atomic E-state index is 6.13. The maximum absolute atomic E-state index is 6.13. The van der Waals surface area contributed by atoms with Gasteiger partial charge < -0.3 is 0 Å². The lowest BCUT2D eigenvalue weighted by atomic mass is 10.1. The normalized spacial score (nSPS) is 16.5. The van der Waals surface area contributed by atoms with E-state index in [0.29, 0.717) is 0 Å². The van der Waals surface area contributed by atoms with Crippen molar-refractivity contribution in [2.75, 3.05) is 6.26 Å². The molecule has 0 N–H and O–H groups in total. The molecule has 0 amide bonds. The minimum Gasteiger partial charge on any atom is -0.130 e. The first-order valence-corrected chi connectivity index (χ1v) is 5.75. The molecule has 0 aromatic heterocycles. The molecule has 0 unspecified atom stereocenters. The Morgan fingerprint density at radius 1 is 1.42 bits per heavy atom. The standard InChI is InChI=1S/C10H11ClS/c1-12-8-4-5-9(7-2-3-7)10(11)6-8/h4-7H,2-3H2,1H3. The molecule has 1 fully saturated rings. The summed E-state index contributed by atoms with van der Waals surface area (Å²) in [5, 5.41) is 0.948. The third-order valence-corrected chi connectivity index (χ3v) is 3.28. The first kappa shape index (κ1) is 8.46. The highest BCUT2D eigenvalue weighted by Crippen LogP contribution is 2.43. The molecule has 0 spiro atoms. The van der Waals surface area contributed by atoms with Gasteiger partial charge in [0.05, 0.1) is 0 Å². The summed E-state index contributed by atoms with van der Waals surface area (Å²) in [5.74, 6) is 0.758. The summed E-state index contributed by atoms with van der Waals surface area (Å²) < 4.78 is 0. The smallest absolute Gasteiger partial charge is 0.0451 e. The first-order valence-electron chi connectivity index (χ1n) is 4.14. The molecule has 0 aliphatic heterocycles. The van der Waals surface area contributed by atoms with Crippen molar-refractivity contribution < 1.29 is 0 Å². The van der Waals surface area contributed by atoms with Crippen LogP contribution in [0.25, 0.3) is 0 Å². The van der Waals surface area contributed by atoms with Gasteiger partial charge in [-0.25, -0.2) is 0 Å². The lowest BCUT2D eigenvalue weighted by Gasteiger charge is -2.03. The van der Waals surface area contributed by atoms with Crippen molar-refractivity contribution in [3.05, 3.63) is 28.8 Å². The molecular formula is C10H11ClS. The molecule has 64 valence electrons. The van der Waals surface area contributed by atoms with E-state index in [9.17, 15) is 0 Å². The zero-order valence-electron chi connectivity index (χ0n) is 7.01. The van der Waals surface area contributed by atoms with Gasteiger partial charge in [0, 0.05) is 9.92 Å². The number of benzene rings is 1. The summed E-state index contributed by atoms with van der Waals surface area (Å²) >= 11 is 7.87. The number of thioether (sulfide) groups is 1. The quantitative estimate of drug-likeness (QED) is 0.649. The minimum absolute atomic E-state index is 0.758. The number of hydrogen-bond donors (Lipinski definition) is 0. The fourth-order valence-electron chi connectivity index (χ4n) is 1.36. The van der Waals surface area contributed by atoms with Gasteiger partial charge in [-0.1, -0.05) is 17.7 Å². The molecule has 0 saturated heterocycles. The van der Waals surface area contributed by atoms with E-state index in [1.54, 1.807) is 11.8 Å². The predicted molar refractivity (Wildman–Crippen MR) is 55.2 cm³/mol. The van der Waals surface area contributed by atoms with Crippen LogP contribution < -0.4 is 0 Å². The lowest BCUT2D eigenvalue weighted by molar-refractivity contribution is 1.12. The Kier molecular flexibility index (Phi) is 2.33. The van der Waals surface area contributed by atoms with E-state index in [2.05, 4.69) is 24.5 Å². The fourth-order valence-corrected chi connectivity index (χ4v) is 2.20. The molecule has 1 aromatic carbocycles. The van der Waals surface area contributed by atoms with E-state index in [4.69, 9.17) is 11.6 Å². The molecule has 1 aliphatic rings. The Labute approximate surface area is 82.3 Å². The first-order chi connectivity index (χ1) is 5.81. The number of rotatable bonds is 2. The van der Waals surface area contributed by atoms with Crippen LogP contribution in [0.5, 0.6) is 0 Å². The number of halogens is 1. The van der Waals surface area contributed by atoms with Crippen LogP contribution in [0, 0.1) is 0 Å². The summed E-state index contributed by atoms with van der Waals surface area (Å²) in [6.45, 7) is 0. The van der Waals surface area contributed by atoms with Crippen molar-refractivity contribution in [1.29, 1.82) is 0 Å². The third kappa shape index (κ3) is 1.62. The van der Waals surface area contributed by atoms with E-state index in [1.807, 2.05) is 0 Å². The SMILES string of the molecule is CSc1ccc(C2CC2)c(Cl)c1.